The number of rotatable bonds is 6. The van der Waals surface area contributed by atoms with Crippen molar-refractivity contribution in [2.24, 2.45) is 13.0 Å². The van der Waals surface area contributed by atoms with Crippen molar-refractivity contribution in [2.45, 2.75) is 18.7 Å². The molecule has 0 fully saturated rings. The first-order chi connectivity index (χ1) is 8.28. The van der Waals surface area contributed by atoms with Crippen LogP contribution in [0.25, 0.3) is 0 Å². The molecule has 0 aromatic carbocycles. The molecule has 0 radical (unpaired) electrons. The Balaban J connectivity index is 2.97. The lowest BCUT2D eigenvalue weighted by Crippen LogP contribution is -2.36. The van der Waals surface area contributed by atoms with Crippen LogP contribution in [-0.2, 0) is 21.9 Å². The minimum absolute atomic E-state index is 0.0525. The summed E-state index contributed by atoms with van der Waals surface area (Å²) in [6.07, 6.45) is 2.65. The monoisotopic (exact) mass is 275 g/mol. The Bertz CT molecular complexity index is 523. The second-order valence-corrected chi connectivity index (χ2v) is 5.98. The van der Waals surface area contributed by atoms with Crippen molar-refractivity contribution in [1.29, 1.82) is 0 Å². The highest BCUT2D eigenvalue weighted by Crippen LogP contribution is 2.16. The second kappa shape index (κ2) is 5.49. The molecule has 1 rings (SSSR count). The molecule has 0 saturated carbocycles. The van der Waals surface area contributed by atoms with Gasteiger partial charge in [-0.05, 0) is 0 Å². The number of carboxylic acids is 1. The predicted molar refractivity (Wildman–Crippen MR) is 64.4 cm³/mol. The van der Waals surface area contributed by atoms with E-state index in [9.17, 15) is 13.2 Å². The summed E-state index contributed by atoms with van der Waals surface area (Å²) >= 11 is 0. The zero-order valence-corrected chi connectivity index (χ0v) is 11.4. The van der Waals surface area contributed by atoms with Crippen LogP contribution in [0.1, 0.15) is 13.8 Å². The lowest BCUT2D eigenvalue weighted by molar-refractivity contribution is -0.141. The van der Waals surface area contributed by atoms with E-state index < -0.39 is 21.9 Å². The summed E-state index contributed by atoms with van der Waals surface area (Å²) in [7, 11) is -2.05. The van der Waals surface area contributed by atoms with Gasteiger partial charge in [0.2, 0.25) is 10.0 Å². The van der Waals surface area contributed by atoms with Crippen LogP contribution in [0.4, 0.5) is 0 Å². The van der Waals surface area contributed by atoms with E-state index in [2.05, 4.69) is 5.10 Å². The molecule has 0 aliphatic heterocycles. The van der Waals surface area contributed by atoms with Crippen LogP contribution < -0.4 is 0 Å². The maximum atomic E-state index is 12.2. The van der Waals surface area contributed by atoms with Crippen LogP contribution in [0.2, 0.25) is 0 Å². The van der Waals surface area contributed by atoms with Crippen LogP contribution in [0.3, 0.4) is 0 Å². The third-order valence-corrected chi connectivity index (χ3v) is 4.46. The number of carboxylic acid groups (broad SMARTS) is 1. The van der Waals surface area contributed by atoms with Gasteiger partial charge < -0.3 is 5.11 Å². The van der Waals surface area contributed by atoms with Gasteiger partial charge in [-0.1, -0.05) is 13.8 Å². The summed E-state index contributed by atoms with van der Waals surface area (Å²) in [6, 6.07) is 0. The van der Waals surface area contributed by atoms with Gasteiger partial charge >= 0.3 is 5.97 Å². The predicted octanol–water partition coefficient (Wildman–Crippen LogP) is 0.151. The van der Waals surface area contributed by atoms with Crippen LogP contribution in [-0.4, -0.2) is 46.7 Å². The number of hydrogen-bond donors (Lipinski definition) is 1. The summed E-state index contributed by atoms with van der Waals surface area (Å²) in [6.45, 7) is 3.31. The zero-order valence-electron chi connectivity index (χ0n) is 10.6. The van der Waals surface area contributed by atoms with Crippen molar-refractivity contribution in [3.05, 3.63) is 12.4 Å². The van der Waals surface area contributed by atoms with Crippen LogP contribution in [0, 0.1) is 5.92 Å². The lowest BCUT2D eigenvalue weighted by atomic mass is 10.2. The molecule has 0 amide bonds. The molecule has 0 aliphatic carbocycles. The lowest BCUT2D eigenvalue weighted by Gasteiger charge is -2.21. The number of carbonyl (C=O) groups is 1. The van der Waals surface area contributed by atoms with Crippen molar-refractivity contribution >= 4 is 16.0 Å². The van der Waals surface area contributed by atoms with Gasteiger partial charge in [0, 0.05) is 26.3 Å². The summed E-state index contributed by atoms with van der Waals surface area (Å²) in [5, 5.41) is 12.6. The van der Waals surface area contributed by atoms with Crippen LogP contribution in [0.15, 0.2) is 17.3 Å². The van der Waals surface area contributed by atoms with E-state index in [-0.39, 0.29) is 18.0 Å². The number of hydrogen-bond acceptors (Lipinski definition) is 4. The van der Waals surface area contributed by atoms with Crippen LogP contribution >= 0.6 is 0 Å². The molecule has 1 atom stereocenters. The topological polar surface area (TPSA) is 92.5 Å². The Kier molecular flexibility index (Phi) is 4.47. The summed E-state index contributed by atoms with van der Waals surface area (Å²) in [4.78, 5) is 10.9. The Hall–Kier alpha value is -1.41. The SMILES string of the molecule is CCN(CC(C)C(=O)O)S(=O)(=O)c1cnn(C)c1. The molecule has 0 aliphatic rings. The van der Waals surface area contributed by atoms with Gasteiger partial charge in [-0.3, -0.25) is 9.48 Å². The Morgan fingerprint density at radius 1 is 1.61 bits per heavy atom. The standard InChI is InChI=1S/C10H17N3O4S/c1-4-13(6-8(2)10(14)15)18(16,17)9-5-11-12(3)7-9/h5,7-8H,4,6H2,1-3H3,(H,14,15). The van der Waals surface area contributed by atoms with Crippen LogP contribution in [0.5, 0.6) is 0 Å². The van der Waals surface area contributed by atoms with E-state index in [4.69, 9.17) is 5.11 Å². The van der Waals surface area contributed by atoms with Crippen molar-refractivity contribution in [3.8, 4) is 0 Å². The highest BCUT2D eigenvalue weighted by molar-refractivity contribution is 7.89. The molecule has 1 aromatic heterocycles. The quantitative estimate of drug-likeness (QED) is 0.798. The first kappa shape index (κ1) is 14.7. The van der Waals surface area contributed by atoms with Gasteiger partial charge in [0.25, 0.3) is 0 Å². The maximum Gasteiger partial charge on any atom is 0.307 e. The number of aromatic nitrogens is 2. The van der Waals surface area contributed by atoms with E-state index >= 15 is 0 Å². The number of sulfonamides is 1. The van der Waals surface area contributed by atoms with Gasteiger partial charge in [0.15, 0.2) is 0 Å². The van der Waals surface area contributed by atoms with Crippen molar-refractivity contribution in [3.63, 3.8) is 0 Å². The molecule has 8 heteroatoms. The molecule has 7 nitrogen and oxygen atoms in total. The van der Waals surface area contributed by atoms with Gasteiger partial charge in [0.1, 0.15) is 4.90 Å². The Labute approximate surface area is 106 Å². The van der Waals surface area contributed by atoms with Gasteiger partial charge in [0.05, 0.1) is 12.1 Å². The summed E-state index contributed by atoms with van der Waals surface area (Å²) < 4.78 is 27.0. The summed E-state index contributed by atoms with van der Waals surface area (Å²) in [5.41, 5.74) is 0. The first-order valence-corrected chi connectivity index (χ1v) is 6.94. The molecule has 0 saturated heterocycles. The van der Waals surface area contributed by atoms with E-state index in [0.29, 0.717) is 0 Å². The van der Waals surface area contributed by atoms with E-state index in [1.165, 1.54) is 24.0 Å². The first-order valence-electron chi connectivity index (χ1n) is 5.50. The molecule has 1 N–H and O–H groups in total. The van der Waals surface area contributed by atoms with E-state index in [1.807, 2.05) is 0 Å². The third-order valence-electron chi connectivity index (χ3n) is 2.57. The molecule has 1 aromatic rings. The minimum Gasteiger partial charge on any atom is -0.481 e. The van der Waals surface area contributed by atoms with Gasteiger partial charge in [-0.2, -0.15) is 9.40 Å². The fourth-order valence-electron chi connectivity index (χ4n) is 1.46. The largest absolute Gasteiger partial charge is 0.481 e. The average molecular weight is 275 g/mol. The zero-order chi connectivity index (χ0) is 13.9. The van der Waals surface area contributed by atoms with Crippen molar-refractivity contribution < 1.29 is 18.3 Å². The molecule has 0 bridgehead atoms. The fraction of sp³-hybridized carbons (Fsp3) is 0.600. The number of aryl methyl sites for hydroxylation is 1. The smallest absolute Gasteiger partial charge is 0.307 e. The molecule has 102 valence electrons. The summed E-state index contributed by atoms with van der Waals surface area (Å²) in [5.74, 6) is -1.77. The van der Waals surface area contributed by atoms with Gasteiger partial charge in [-0.15, -0.1) is 0 Å². The van der Waals surface area contributed by atoms with Crippen molar-refractivity contribution in [1.82, 2.24) is 14.1 Å². The Morgan fingerprint density at radius 2 is 2.22 bits per heavy atom. The average Bonchev–Trinajstić information content (AvgIpc) is 2.72. The molecule has 0 spiro atoms. The second-order valence-electron chi connectivity index (χ2n) is 4.04. The molecule has 1 unspecified atom stereocenters. The van der Waals surface area contributed by atoms with Crippen molar-refractivity contribution in [2.75, 3.05) is 13.1 Å². The molecular weight excluding hydrogens is 258 g/mol. The normalized spacial score (nSPS) is 13.8. The number of aliphatic carboxylic acids is 1. The molecular formula is C10H17N3O4S. The Morgan fingerprint density at radius 3 is 2.61 bits per heavy atom. The molecule has 18 heavy (non-hydrogen) atoms. The highest BCUT2D eigenvalue weighted by Gasteiger charge is 2.27. The fourth-order valence-corrected chi connectivity index (χ4v) is 2.99. The molecule has 1 heterocycles. The minimum atomic E-state index is -3.67. The number of nitrogens with zero attached hydrogens (tertiary/aromatic N) is 3. The third kappa shape index (κ3) is 3.08. The highest BCUT2D eigenvalue weighted by atomic mass is 32.2. The van der Waals surface area contributed by atoms with E-state index in [1.54, 1.807) is 14.0 Å². The van der Waals surface area contributed by atoms with E-state index in [0.717, 1.165) is 4.31 Å². The maximum absolute atomic E-state index is 12.2. The van der Waals surface area contributed by atoms with Gasteiger partial charge in [-0.25, -0.2) is 8.42 Å².